The van der Waals surface area contributed by atoms with Gasteiger partial charge in [0.25, 0.3) is 5.56 Å². The number of nitrogens with one attached hydrogen (secondary N) is 2. The number of hydrogen-bond acceptors (Lipinski definition) is 3. The first-order valence-electron chi connectivity index (χ1n) is 5.01. The number of benzene rings is 1. The van der Waals surface area contributed by atoms with Gasteiger partial charge in [-0.25, -0.2) is 4.39 Å². The zero-order chi connectivity index (χ0) is 12.4. The van der Waals surface area contributed by atoms with E-state index < -0.39 is 5.82 Å². The molecule has 4 N–H and O–H groups in total. The molecule has 6 heteroatoms. The van der Waals surface area contributed by atoms with Crippen LogP contribution in [0.1, 0.15) is 5.56 Å². The molecule has 90 valence electrons. The Morgan fingerprint density at radius 2 is 2.18 bits per heavy atom. The van der Waals surface area contributed by atoms with Crippen LogP contribution in [-0.2, 0) is 6.54 Å². The Kier molecular flexibility index (Phi) is 2.97. The summed E-state index contributed by atoms with van der Waals surface area (Å²) >= 11 is 0. The van der Waals surface area contributed by atoms with Crippen molar-refractivity contribution in [1.29, 1.82) is 0 Å². The lowest BCUT2D eigenvalue weighted by atomic mass is 10.1. The van der Waals surface area contributed by atoms with Crippen LogP contribution in [0.3, 0.4) is 0 Å². The summed E-state index contributed by atoms with van der Waals surface area (Å²) in [5.41, 5.74) is 6.46. The largest absolute Gasteiger partial charge is 0.496 e. The zero-order valence-corrected chi connectivity index (χ0v) is 9.21. The summed E-state index contributed by atoms with van der Waals surface area (Å²) in [6.07, 6.45) is 0. The van der Waals surface area contributed by atoms with Crippen molar-refractivity contribution in [3.63, 3.8) is 0 Å². The molecule has 0 aliphatic rings. The molecular formula is C11H12FN3O2. The fourth-order valence-electron chi connectivity index (χ4n) is 1.68. The maximum absolute atomic E-state index is 13.2. The van der Waals surface area contributed by atoms with Gasteiger partial charge in [-0.1, -0.05) is 0 Å². The van der Waals surface area contributed by atoms with Gasteiger partial charge in [-0.3, -0.25) is 15.0 Å². The molecule has 0 radical (unpaired) electrons. The van der Waals surface area contributed by atoms with Gasteiger partial charge in [-0.2, -0.15) is 0 Å². The second-order valence-electron chi connectivity index (χ2n) is 3.48. The predicted molar refractivity (Wildman–Crippen MR) is 61.3 cm³/mol. The van der Waals surface area contributed by atoms with Crippen LogP contribution in [0, 0.1) is 5.82 Å². The third-order valence-electron chi connectivity index (χ3n) is 2.51. The second-order valence-corrected chi connectivity index (χ2v) is 3.48. The summed E-state index contributed by atoms with van der Waals surface area (Å²) in [6, 6.07) is 4.07. The minimum absolute atomic E-state index is 0.0633. The van der Waals surface area contributed by atoms with E-state index in [9.17, 15) is 9.18 Å². The number of H-pyrrole nitrogens is 2. The van der Waals surface area contributed by atoms with Crippen molar-refractivity contribution in [2.45, 2.75) is 6.54 Å². The molecular weight excluding hydrogens is 225 g/mol. The summed E-state index contributed by atoms with van der Waals surface area (Å²) in [5.74, 6) is 0.0576. The maximum Gasteiger partial charge on any atom is 0.269 e. The molecule has 0 unspecified atom stereocenters. The van der Waals surface area contributed by atoms with Crippen molar-refractivity contribution in [1.82, 2.24) is 10.2 Å². The lowest BCUT2D eigenvalue weighted by molar-refractivity contribution is 0.415. The van der Waals surface area contributed by atoms with E-state index in [-0.39, 0.29) is 12.1 Å². The molecule has 0 fully saturated rings. The van der Waals surface area contributed by atoms with Crippen molar-refractivity contribution in [3.05, 3.63) is 39.9 Å². The van der Waals surface area contributed by atoms with Crippen LogP contribution in [0.5, 0.6) is 5.75 Å². The summed E-state index contributed by atoms with van der Waals surface area (Å²) in [5, 5.41) is 5.10. The molecule has 2 rings (SSSR count). The van der Waals surface area contributed by atoms with Crippen molar-refractivity contribution in [3.8, 4) is 17.0 Å². The number of hydrogen-bond donors (Lipinski definition) is 3. The quantitative estimate of drug-likeness (QED) is 0.743. The molecule has 2 aromatic rings. The van der Waals surface area contributed by atoms with E-state index in [2.05, 4.69) is 10.2 Å². The highest BCUT2D eigenvalue weighted by molar-refractivity contribution is 5.69. The highest BCUT2D eigenvalue weighted by Crippen LogP contribution is 2.30. The third kappa shape index (κ3) is 1.94. The Morgan fingerprint density at radius 1 is 1.41 bits per heavy atom. The molecule has 0 spiro atoms. The van der Waals surface area contributed by atoms with Crippen LogP contribution in [0.25, 0.3) is 11.3 Å². The summed E-state index contributed by atoms with van der Waals surface area (Å²) in [6.45, 7) is 0.0633. The van der Waals surface area contributed by atoms with Crippen molar-refractivity contribution in [2.75, 3.05) is 7.11 Å². The second kappa shape index (κ2) is 4.42. The summed E-state index contributed by atoms with van der Waals surface area (Å²) in [7, 11) is 1.48. The number of aromatic amines is 2. The number of methoxy groups -OCH3 is 1. The van der Waals surface area contributed by atoms with Gasteiger partial charge in [0.1, 0.15) is 11.6 Å². The number of halogens is 1. The lowest BCUT2D eigenvalue weighted by Gasteiger charge is -2.07. The number of aromatic nitrogens is 2. The van der Waals surface area contributed by atoms with Gasteiger partial charge < -0.3 is 10.5 Å². The van der Waals surface area contributed by atoms with Crippen LogP contribution in [0.15, 0.2) is 23.0 Å². The van der Waals surface area contributed by atoms with Gasteiger partial charge in [0.15, 0.2) is 0 Å². The number of rotatable bonds is 3. The van der Waals surface area contributed by atoms with Crippen LogP contribution in [0.4, 0.5) is 4.39 Å². The van der Waals surface area contributed by atoms with Crippen molar-refractivity contribution in [2.24, 2.45) is 5.73 Å². The molecule has 17 heavy (non-hydrogen) atoms. The topological polar surface area (TPSA) is 83.9 Å². The average Bonchev–Trinajstić information content (AvgIpc) is 2.70. The first-order chi connectivity index (χ1) is 8.17. The van der Waals surface area contributed by atoms with Crippen LogP contribution >= 0.6 is 0 Å². The Hall–Kier alpha value is -2.08. The van der Waals surface area contributed by atoms with E-state index in [0.717, 1.165) is 0 Å². The molecule has 1 aromatic carbocycles. The van der Waals surface area contributed by atoms with Crippen molar-refractivity contribution >= 4 is 0 Å². The molecule has 1 heterocycles. The average molecular weight is 237 g/mol. The Balaban J connectivity index is 2.66. The smallest absolute Gasteiger partial charge is 0.269 e. The van der Waals surface area contributed by atoms with E-state index in [0.29, 0.717) is 22.6 Å². The van der Waals surface area contributed by atoms with Crippen LogP contribution in [0.2, 0.25) is 0 Å². The van der Waals surface area contributed by atoms with Crippen molar-refractivity contribution < 1.29 is 9.13 Å². The Bertz CT molecular complexity index is 589. The van der Waals surface area contributed by atoms with Gasteiger partial charge in [-0.15, -0.1) is 0 Å². The molecule has 5 nitrogen and oxygen atoms in total. The first-order valence-corrected chi connectivity index (χ1v) is 5.01. The van der Waals surface area contributed by atoms with E-state index >= 15 is 0 Å². The highest BCUT2D eigenvalue weighted by Gasteiger charge is 2.15. The molecule has 0 amide bonds. The van der Waals surface area contributed by atoms with Gasteiger partial charge in [0.05, 0.1) is 18.4 Å². The fraction of sp³-hybridized carbons (Fsp3) is 0.182. The molecule has 0 saturated heterocycles. The molecule has 0 saturated carbocycles. The van der Waals surface area contributed by atoms with Crippen LogP contribution < -0.4 is 16.0 Å². The zero-order valence-electron chi connectivity index (χ0n) is 9.21. The predicted octanol–water partition coefficient (Wildman–Crippen LogP) is 0.976. The summed E-state index contributed by atoms with van der Waals surface area (Å²) in [4.78, 5) is 11.4. The van der Waals surface area contributed by atoms with Crippen LogP contribution in [-0.4, -0.2) is 17.3 Å². The van der Waals surface area contributed by atoms with E-state index in [4.69, 9.17) is 10.5 Å². The normalized spacial score (nSPS) is 10.5. The molecule has 1 aromatic heterocycles. The SMILES string of the molecule is COc1ccc(F)cc1-c1[nH][nH]c(=O)c1CN. The third-order valence-corrected chi connectivity index (χ3v) is 2.51. The lowest BCUT2D eigenvalue weighted by Crippen LogP contribution is -2.10. The van der Waals surface area contributed by atoms with Gasteiger partial charge in [0.2, 0.25) is 0 Å². The number of ether oxygens (including phenoxy) is 1. The first kappa shape index (κ1) is 11.4. The van der Waals surface area contributed by atoms with E-state index in [1.807, 2.05) is 0 Å². The molecule has 0 aliphatic heterocycles. The van der Waals surface area contributed by atoms with Gasteiger partial charge >= 0.3 is 0 Å². The minimum atomic E-state index is -0.411. The van der Waals surface area contributed by atoms with E-state index in [1.54, 1.807) is 0 Å². The minimum Gasteiger partial charge on any atom is -0.496 e. The Labute approximate surface area is 96.4 Å². The Morgan fingerprint density at radius 3 is 2.82 bits per heavy atom. The van der Waals surface area contributed by atoms with E-state index in [1.165, 1.54) is 25.3 Å². The maximum atomic E-state index is 13.2. The summed E-state index contributed by atoms with van der Waals surface area (Å²) < 4.78 is 18.3. The molecule has 0 bridgehead atoms. The molecule has 0 atom stereocenters. The number of nitrogens with two attached hydrogens (primary N) is 1. The van der Waals surface area contributed by atoms with Gasteiger partial charge in [0, 0.05) is 12.1 Å². The standard InChI is InChI=1S/C11H12FN3O2/c1-17-9-3-2-6(12)4-7(9)10-8(5-13)11(16)15-14-10/h2-4H,5,13H2,1H3,(H2,14,15,16). The molecule has 0 aliphatic carbocycles. The highest BCUT2D eigenvalue weighted by atomic mass is 19.1. The fourth-order valence-corrected chi connectivity index (χ4v) is 1.68. The monoisotopic (exact) mass is 237 g/mol. The van der Waals surface area contributed by atoms with Gasteiger partial charge in [-0.05, 0) is 18.2 Å².